The monoisotopic (exact) mass is 316 g/mol. The standard InChI is InChI=1S/C13H16N4O.2ClH/c1-2-8-15-11(5-1)13-16-12(17-18-13)7-6-10-4-3-9-14-10;;/h1-2,5,8,10,14H,3-4,6-7,9H2;2*1H. The maximum atomic E-state index is 5.22. The average molecular weight is 317 g/mol. The van der Waals surface area contributed by atoms with E-state index in [9.17, 15) is 0 Å². The maximum absolute atomic E-state index is 5.22. The Morgan fingerprint density at radius 1 is 1.30 bits per heavy atom. The van der Waals surface area contributed by atoms with Gasteiger partial charge in [0.2, 0.25) is 0 Å². The van der Waals surface area contributed by atoms with Crippen molar-refractivity contribution in [3.05, 3.63) is 30.2 Å². The SMILES string of the molecule is Cl.Cl.c1ccc(-c2nc(CCC3CCCN3)no2)nc1. The van der Waals surface area contributed by atoms with Crippen molar-refractivity contribution in [1.29, 1.82) is 0 Å². The lowest BCUT2D eigenvalue weighted by Gasteiger charge is -2.06. The molecule has 0 spiro atoms. The second-order valence-corrected chi connectivity index (χ2v) is 4.56. The molecule has 1 fully saturated rings. The van der Waals surface area contributed by atoms with Crippen molar-refractivity contribution < 1.29 is 4.52 Å². The van der Waals surface area contributed by atoms with Gasteiger partial charge >= 0.3 is 0 Å². The van der Waals surface area contributed by atoms with Crippen LogP contribution in [0.5, 0.6) is 0 Å². The Morgan fingerprint density at radius 2 is 2.20 bits per heavy atom. The van der Waals surface area contributed by atoms with E-state index in [0.29, 0.717) is 11.9 Å². The first-order chi connectivity index (χ1) is 8.92. The van der Waals surface area contributed by atoms with Crippen molar-refractivity contribution in [3.8, 4) is 11.6 Å². The first-order valence-electron chi connectivity index (χ1n) is 6.39. The topological polar surface area (TPSA) is 63.8 Å². The van der Waals surface area contributed by atoms with Crippen LogP contribution in [0, 0.1) is 0 Å². The molecular weight excluding hydrogens is 299 g/mol. The molecule has 1 N–H and O–H groups in total. The summed E-state index contributed by atoms with van der Waals surface area (Å²) in [5.41, 5.74) is 0.732. The van der Waals surface area contributed by atoms with Gasteiger partial charge in [0.15, 0.2) is 5.82 Å². The molecule has 0 radical (unpaired) electrons. The Balaban J connectivity index is 0.000001000. The van der Waals surface area contributed by atoms with E-state index in [1.54, 1.807) is 6.20 Å². The van der Waals surface area contributed by atoms with Crippen LogP contribution >= 0.6 is 24.8 Å². The molecule has 2 aromatic heterocycles. The van der Waals surface area contributed by atoms with E-state index in [0.717, 1.165) is 30.9 Å². The Morgan fingerprint density at radius 3 is 2.90 bits per heavy atom. The molecule has 0 bridgehead atoms. The molecule has 1 aliphatic rings. The van der Waals surface area contributed by atoms with Crippen molar-refractivity contribution in [2.75, 3.05) is 6.54 Å². The second kappa shape index (κ2) is 8.19. The van der Waals surface area contributed by atoms with E-state index in [-0.39, 0.29) is 24.8 Å². The molecule has 0 amide bonds. The molecule has 2 aromatic rings. The van der Waals surface area contributed by atoms with Gasteiger partial charge in [-0.2, -0.15) is 4.98 Å². The molecule has 7 heteroatoms. The van der Waals surface area contributed by atoms with Gasteiger partial charge in [-0.25, -0.2) is 0 Å². The molecule has 5 nitrogen and oxygen atoms in total. The lowest BCUT2D eigenvalue weighted by atomic mass is 10.1. The Bertz CT molecular complexity index is 500. The quantitative estimate of drug-likeness (QED) is 0.939. The van der Waals surface area contributed by atoms with Crippen LogP contribution in [-0.4, -0.2) is 27.7 Å². The van der Waals surface area contributed by atoms with E-state index in [1.165, 1.54) is 12.8 Å². The summed E-state index contributed by atoms with van der Waals surface area (Å²) in [6, 6.07) is 6.26. The smallest absolute Gasteiger partial charge is 0.276 e. The fourth-order valence-electron chi connectivity index (χ4n) is 2.26. The normalized spacial score (nSPS) is 17.3. The molecule has 1 aliphatic heterocycles. The highest BCUT2D eigenvalue weighted by Crippen LogP contribution is 2.15. The number of hydrogen-bond acceptors (Lipinski definition) is 5. The molecule has 0 saturated carbocycles. The van der Waals surface area contributed by atoms with Gasteiger partial charge in [-0.15, -0.1) is 24.8 Å². The van der Waals surface area contributed by atoms with Gasteiger partial charge in [-0.1, -0.05) is 11.2 Å². The molecule has 20 heavy (non-hydrogen) atoms. The summed E-state index contributed by atoms with van der Waals surface area (Å²) in [6.07, 6.45) is 6.18. The average Bonchev–Trinajstić information content (AvgIpc) is 3.09. The molecule has 0 aromatic carbocycles. The maximum Gasteiger partial charge on any atom is 0.276 e. The minimum absolute atomic E-state index is 0. The zero-order chi connectivity index (χ0) is 12.2. The van der Waals surface area contributed by atoms with Gasteiger partial charge in [-0.3, -0.25) is 4.98 Å². The van der Waals surface area contributed by atoms with E-state index >= 15 is 0 Å². The van der Waals surface area contributed by atoms with Crippen molar-refractivity contribution >= 4 is 24.8 Å². The van der Waals surface area contributed by atoms with Gasteiger partial charge in [0.25, 0.3) is 5.89 Å². The zero-order valence-corrected chi connectivity index (χ0v) is 12.6. The van der Waals surface area contributed by atoms with Crippen LogP contribution in [0.4, 0.5) is 0 Å². The number of hydrogen-bond donors (Lipinski definition) is 1. The number of nitrogens with zero attached hydrogens (tertiary/aromatic N) is 3. The third-order valence-electron chi connectivity index (χ3n) is 3.23. The summed E-state index contributed by atoms with van der Waals surface area (Å²) in [5, 5.41) is 7.47. The van der Waals surface area contributed by atoms with E-state index in [4.69, 9.17) is 4.52 Å². The van der Waals surface area contributed by atoms with Crippen LogP contribution in [-0.2, 0) is 6.42 Å². The van der Waals surface area contributed by atoms with E-state index in [1.807, 2.05) is 18.2 Å². The molecule has 3 heterocycles. The van der Waals surface area contributed by atoms with Crippen LogP contribution in [0.2, 0.25) is 0 Å². The molecule has 1 saturated heterocycles. The molecule has 0 aliphatic carbocycles. The molecule has 1 atom stereocenters. The molecular formula is C13H18Cl2N4O. The zero-order valence-electron chi connectivity index (χ0n) is 11.0. The fourth-order valence-corrected chi connectivity index (χ4v) is 2.26. The fraction of sp³-hybridized carbons (Fsp3) is 0.462. The molecule has 110 valence electrons. The number of aryl methyl sites for hydroxylation is 1. The Labute approximate surface area is 130 Å². The highest BCUT2D eigenvalue weighted by molar-refractivity contribution is 5.85. The van der Waals surface area contributed by atoms with Crippen molar-refractivity contribution in [2.24, 2.45) is 0 Å². The highest BCUT2D eigenvalue weighted by atomic mass is 35.5. The largest absolute Gasteiger partial charge is 0.332 e. The summed E-state index contributed by atoms with van der Waals surface area (Å²) in [5.74, 6) is 1.27. The lowest BCUT2D eigenvalue weighted by molar-refractivity contribution is 0.418. The minimum Gasteiger partial charge on any atom is -0.332 e. The van der Waals surface area contributed by atoms with Gasteiger partial charge in [0.1, 0.15) is 5.69 Å². The van der Waals surface area contributed by atoms with Crippen LogP contribution in [0.1, 0.15) is 25.1 Å². The summed E-state index contributed by atoms with van der Waals surface area (Å²) in [6.45, 7) is 1.14. The van der Waals surface area contributed by atoms with Crippen LogP contribution in [0.15, 0.2) is 28.9 Å². The van der Waals surface area contributed by atoms with Crippen molar-refractivity contribution in [2.45, 2.75) is 31.7 Å². The van der Waals surface area contributed by atoms with Gasteiger partial charge in [0.05, 0.1) is 0 Å². The van der Waals surface area contributed by atoms with Gasteiger partial charge in [-0.05, 0) is 37.9 Å². The second-order valence-electron chi connectivity index (χ2n) is 4.56. The van der Waals surface area contributed by atoms with E-state index in [2.05, 4.69) is 20.4 Å². The minimum atomic E-state index is 0. The summed E-state index contributed by atoms with van der Waals surface area (Å²) < 4.78 is 5.22. The predicted octanol–water partition coefficient (Wildman–Crippen LogP) is 2.66. The number of halogens is 2. The van der Waals surface area contributed by atoms with Crippen molar-refractivity contribution in [3.63, 3.8) is 0 Å². The third kappa shape index (κ3) is 4.16. The first-order valence-corrected chi connectivity index (χ1v) is 6.39. The number of pyridine rings is 1. The van der Waals surface area contributed by atoms with E-state index < -0.39 is 0 Å². The summed E-state index contributed by atoms with van der Waals surface area (Å²) in [7, 11) is 0. The first kappa shape index (κ1) is 16.9. The van der Waals surface area contributed by atoms with Crippen LogP contribution < -0.4 is 5.32 Å². The molecule has 3 rings (SSSR count). The Hall–Kier alpha value is -1.17. The number of rotatable bonds is 4. The van der Waals surface area contributed by atoms with Gasteiger partial charge < -0.3 is 9.84 Å². The number of aromatic nitrogens is 3. The van der Waals surface area contributed by atoms with Crippen molar-refractivity contribution in [1.82, 2.24) is 20.4 Å². The van der Waals surface area contributed by atoms with Crippen LogP contribution in [0.3, 0.4) is 0 Å². The predicted molar refractivity (Wildman–Crippen MR) is 81.4 cm³/mol. The summed E-state index contributed by atoms with van der Waals surface area (Å²) in [4.78, 5) is 8.56. The number of nitrogens with one attached hydrogen (secondary N) is 1. The lowest BCUT2D eigenvalue weighted by Crippen LogP contribution is -2.21. The molecule has 1 unspecified atom stereocenters. The summed E-state index contributed by atoms with van der Waals surface area (Å²) >= 11 is 0. The van der Waals surface area contributed by atoms with Crippen LogP contribution in [0.25, 0.3) is 11.6 Å². The third-order valence-corrected chi connectivity index (χ3v) is 3.23. The highest BCUT2D eigenvalue weighted by Gasteiger charge is 2.16. The van der Waals surface area contributed by atoms with Gasteiger partial charge in [0, 0.05) is 18.7 Å². The Kier molecular flexibility index (Phi) is 6.91.